The van der Waals surface area contributed by atoms with Crippen LogP contribution in [0.1, 0.15) is 10.4 Å². The molecule has 3 heterocycles. The number of benzene rings is 4. The molecule has 0 saturated carbocycles. The summed E-state index contributed by atoms with van der Waals surface area (Å²) >= 11 is 0. The van der Waals surface area contributed by atoms with E-state index in [1.165, 1.54) is 0 Å². The van der Waals surface area contributed by atoms with E-state index in [9.17, 15) is 4.79 Å². The van der Waals surface area contributed by atoms with Crippen molar-refractivity contribution in [3.05, 3.63) is 133 Å². The molecule has 7 aromatic rings. The van der Waals surface area contributed by atoms with Crippen LogP contribution < -0.4 is 0 Å². The summed E-state index contributed by atoms with van der Waals surface area (Å²) in [6.07, 6.45) is 4.71. The average molecular weight is 479 g/mol. The maximum absolute atomic E-state index is 12.6. The van der Waals surface area contributed by atoms with Crippen molar-refractivity contribution in [2.24, 2.45) is 0 Å². The molecule has 0 aliphatic heterocycles. The van der Waals surface area contributed by atoms with E-state index in [0.717, 1.165) is 51.0 Å². The van der Waals surface area contributed by atoms with Crippen LogP contribution in [0.2, 0.25) is 0 Å². The number of para-hydroxylation sites is 4. The van der Waals surface area contributed by atoms with Gasteiger partial charge >= 0.3 is 0 Å². The summed E-state index contributed by atoms with van der Waals surface area (Å²) in [5.41, 5.74) is 5.47. The van der Waals surface area contributed by atoms with Gasteiger partial charge in [0, 0.05) is 34.5 Å². The molecule has 0 saturated heterocycles. The topological polar surface area (TPSA) is 44.8 Å². The first kappa shape index (κ1) is 21.1. The van der Waals surface area contributed by atoms with Gasteiger partial charge in [0.05, 0.1) is 16.6 Å². The minimum Gasteiger partial charge on any atom is -0.306 e. The van der Waals surface area contributed by atoms with Crippen LogP contribution >= 0.6 is 0 Å². The SMILES string of the molecule is O=Cc1c(-c2nccn2-c2cc3ccccc3n2-c2ccccc2)n(-c2ccccc2)c2ccccc12. The molecule has 5 heteroatoms. The third-order valence-corrected chi connectivity index (χ3v) is 6.85. The Kier molecular flexibility index (Phi) is 4.86. The molecule has 0 fully saturated rings. The van der Waals surface area contributed by atoms with Crippen molar-refractivity contribution in [1.82, 2.24) is 18.7 Å². The quantitative estimate of drug-likeness (QED) is 0.245. The van der Waals surface area contributed by atoms with Crippen LogP contribution in [0, 0.1) is 0 Å². The number of hydrogen-bond donors (Lipinski definition) is 0. The van der Waals surface area contributed by atoms with Gasteiger partial charge in [-0.05, 0) is 42.5 Å². The number of aldehydes is 1. The van der Waals surface area contributed by atoms with Crippen molar-refractivity contribution in [1.29, 1.82) is 0 Å². The fourth-order valence-electron chi connectivity index (χ4n) is 5.28. The first-order valence-electron chi connectivity index (χ1n) is 12.2. The Hall–Kier alpha value is -5.16. The lowest BCUT2D eigenvalue weighted by Crippen LogP contribution is -2.08. The zero-order valence-corrected chi connectivity index (χ0v) is 19.9. The summed E-state index contributed by atoms with van der Waals surface area (Å²) in [6, 6.07) is 39.0. The molecule has 0 amide bonds. The molecule has 37 heavy (non-hydrogen) atoms. The summed E-state index contributed by atoms with van der Waals surface area (Å²) < 4.78 is 6.44. The number of aromatic nitrogens is 4. The van der Waals surface area contributed by atoms with Crippen LogP contribution in [0.15, 0.2) is 128 Å². The van der Waals surface area contributed by atoms with Crippen molar-refractivity contribution < 1.29 is 4.79 Å². The van der Waals surface area contributed by atoms with Crippen molar-refractivity contribution >= 4 is 28.1 Å². The Morgan fingerprint density at radius 2 is 1.27 bits per heavy atom. The fraction of sp³-hybridized carbons (Fsp3) is 0. The number of rotatable bonds is 5. The Bertz CT molecular complexity index is 1890. The normalized spacial score (nSPS) is 11.4. The van der Waals surface area contributed by atoms with Crippen LogP contribution in [0.4, 0.5) is 0 Å². The predicted molar refractivity (Wildman–Crippen MR) is 148 cm³/mol. The molecule has 0 aliphatic rings. The molecule has 0 unspecified atom stereocenters. The number of nitrogens with zero attached hydrogens (tertiary/aromatic N) is 4. The Labute approximate surface area is 213 Å². The number of carbonyl (C=O) groups excluding carboxylic acids is 1. The van der Waals surface area contributed by atoms with E-state index in [2.05, 4.69) is 62.2 Å². The highest BCUT2D eigenvalue weighted by molar-refractivity contribution is 6.05. The standard InChI is InChI=1S/C32H22N4O/c37-22-27-26-16-8-10-18-29(26)36(25-14-5-2-6-15-25)31(27)32-33-19-20-34(32)30-21-23-11-7-9-17-28(23)35(30)24-12-3-1-4-13-24/h1-22H. The van der Waals surface area contributed by atoms with Crippen LogP contribution in [0.5, 0.6) is 0 Å². The number of hydrogen-bond acceptors (Lipinski definition) is 2. The van der Waals surface area contributed by atoms with Gasteiger partial charge in [-0.1, -0.05) is 72.8 Å². The van der Waals surface area contributed by atoms with Gasteiger partial charge in [0.25, 0.3) is 0 Å². The molecule has 0 aliphatic carbocycles. The first-order chi connectivity index (χ1) is 18.3. The largest absolute Gasteiger partial charge is 0.306 e. The average Bonchev–Trinajstić information content (AvgIpc) is 3.67. The summed E-state index contributed by atoms with van der Waals surface area (Å²) in [6.45, 7) is 0. The fourth-order valence-corrected chi connectivity index (χ4v) is 5.28. The first-order valence-corrected chi connectivity index (χ1v) is 12.2. The van der Waals surface area contributed by atoms with E-state index in [-0.39, 0.29) is 0 Å². The Morgan fingerprint density at radius 1 is 0.649 bits per heavy atom. The maximum atomic E-state index is 12.6. The van der Waals surface area contributed by atoms with E-state index in [1.807, 2.05) is 72.9 Å². The van der Waals surface area contributed by atoms with Crippen LogP contribution in [0.3, 0.4) is 0 Å². The zero-order valence-electron chi connectivity index (χ0n) is 19.9. The second-order valence-electron chi connectivity index (χ2n) is 8.92. The third kappa shape index (κ3) is 3.25. The predicted octanol–water partition coefficient (Wildman–Crippen LogP) is 7.24. The van der Waals surface area contributed by atoms with Gasteiger partial charge in [-0.3, -0.25) is 13.9 Å². The van der Waals surface area contributed by atoms with E-state index in [1.54, 1.807) is 6.20 Å². The zero-order chi connectivity index (χ0) is 24.8. The summed E-state index contributed by atoms with van der Waals surface area (Å²) in [7, 11) is 0. The molecule has 7 rings (SSSR count). The van der Waals surface area contributed by atoms with Crippen molar-refractivity contribution in [2.45, 2.75) is 0 Å². The van der Waals surface area contributed by atoms with Gasteiger partial charge in [-0.2, -0.15) is 0 Å². The van der Waals surface area contributed by atoms with E-state index in [4.69, 9.17) is 4.98 Å². The van der Waals surface area contributed by atoms with Gasteiger partial charge in [0.1, 0.15) is 11.5 Å². The van der Waals surface area contributed by atoms with Crippen molar-refractivity contribution in [3.8, 4) is 28.7 Å². The second kappa shape index (κ2) is 8.50. The van der Waals surface area contributed by atoms with Crippen LogP contribution in [0.25, 0.3) is 50.5 Å². The number of imidazole rings is 1. The molecule has 176 valence electrons. The monoisotopic (exact) mass is 478 g/mol. The van der Waals surface area contributed by atoms with E-state index in [0.29, 0.717) is 11.4 Å². The van der Waals surface area contributed by atoms with Gasteiger partial charge < -0.3 is 4.57 Å². The molecule has 0 N–H and O–H groups in total. The molecular formula is C32H22N4O. The molecule has 3 aromatic heterocycles. The lowest BCUT2D eigenvalue weighted by molar-refractivity contribution is 0.112. The minimum atomic E-state index is 0.620. The van der Waals surface area contributed by atoms with Gasteiger partial charge in [0.15, 0.2) is 12.1 Å². The van der Waals surface area contributed by atoms with E-state index >= 15 is 0 Å². The molecular weight excluding hydrogens is 456 g/mol. The summed E-state index contributed by atoms with van der Waals surface area (Å²) in [5.74, 6) is 1.64. The van der Waals surface area contributed by atoms with Crippen LogP contribution in [-0.2, 0) is 0 Å². The molecule has 0 spiro atoms. The van der Waals surface area contributed by atoms with Gasteiger partial charge in [-0.15, -0.1) is 0 Å². The molecule has 0 bridgehead atoms. The summed E-state index contributed by atoms with van der Waals surface area (Å²) in [5, 5.41) is 2.02. The smallest absolute Gasteiger partial charge is 0.163 e. The third-order valence-electron chi connectivity index (χ3n) is 6.85. The Balaban J connectivity index is 1.57. The molecule has 0 atom stereocenters. The molecule has 0 radical (unpaired) electrons. The molecule has 5 nitrogen and oxygen atoms in total. The highest BCUT2D eigenvalue weighted by Gasteiger charge is 2.24. The van der Waals surface area contributed by atoms with Crippen molar-refractivity contribution in [3.63, 3.8) is 0 Å². The lowest BCUT2D eigenvalue weighted by atomic mass is 10.1. The van der Waals surface area contributed by atoms with E-state index < -0.39 is 0 Å². The second-order valence-corrected chi connectivity index (χ2v) is 8.92. The summed E-state index contributed by atoms with van der Waals surface area (Å²) in [4.78, 5) is 17.4. The number of fused-ring (bicyclic) bond motifs is 2. The van der Waals surface area contributed by atoms with Gasteiger partial charge in [-0.25, -0.2) is 4.98 Å². The van der Waals surface area contributed by atoms with Crippen molar-refractivity contribution in [2.75, 3.05) is 0 Å². The minimum absolute atomic E-state index is 0.620. The lowest BCUT2D eigenvalue weighted by Gasteiger charge is -2.16. The Morgan fingerprint density at radius 3 is 2.00 bits per heavy atom. The highest BCUT2D eigenvalue weighted by atomic mass is 16.1. The maximum Gasteiger partial charge on any atom is 0.163 e. The number of carbonyl (C=O) groups is 1. The highest BCUT2D eigenvalue weighted by Crippen LogP contribution is 2.37. The van der Waals surface area contributed by atoms with Crippen LogP contribution in [-0.4, -0.2) is 25.0 Å². The molecule has 4 aromatic carbocycles. The van der Waals surface area contributed by atoms with Gasteiger partial charge in [0.2, 0.25) is 0 Å².